The van der Waals surface area contributed by atoms with E-state index in [2.05, 4.69) is 10.3 Å². The molecular weight excluding hydrogens is 374 g/mol. The number of esters is 1. The van der Waals surface area contributed by atoms with Crippen molar-refractivity contribution in [3.63, 3.8) is 0 Å². The van der Waals surface area contributed by atoms with Crippen LogP contribution in [0.4, 0.5) is 5.13 Å². The number of ether oxygens (including phenoxy) is 1. The molecule has 2 aromatic rings. The molecule has 0 saturated heterocycles. The summed E-state index contributed by atoms with van der Waals surface area (Å²) in [6, 6.07) is 8.93. The van der Waals surface area contributed by atoms with E-state index in [9.17, 15) is 9.59 Å². The molecule has 2 rings (SSSR count). The lowest BCUT2D eigenvalue weighted by molar-refractivity contribution is -0.139. The van der Waals surface area contributed by atoms with Crippen LogP contribution in [0.15, 0.2) is 30.3 Å². The van der Waals surface area contributed by atoms with Gasteiger partial charge in [-0.1, -0.05) is 44.2 Å². The highest BCUT2D eigenvalue weighted by atomic mass is 35.5. The number of hydrogen-bond donors (Lipinski definition) is 2. The van der Waals surface area contributed by atoms with Crippen LogP contribution >= 0.6 is 23.7 Å². The average Bonchev–Trinajstić information content (AvgIpc) is 2.97. The minimum absolute atomic E-state index is 0. The van der Waals surface area contributed by atoms with Crippen LogP contribution < -0.4 is 11.1 Å². The molecular formula is C18H24ClN3O3S. The van der Waals surface area contributed by atoms with Gasteiger partial charge in [-0.25, -0.2) is 4.98 Å². The van der Waals surface area contributed by atoms with Crippen molar-refractivity contribution in [1.29, 1.82) is 0 Å². The van der Waals surface area contributed by atoms with Gasteiger partial charge in [-0.3, -0.25) is 9.59 Å². The van der Waals surface area contributed by atoms with Gasteiger partial charge in [0.05, 0.1) is 25.3 Å². The van der Waals surface area contributed by atoms with Gasteiger partial charge in [0.25, 0.3) is 0 Å². The van der Waals surface area contributed by atoms with E-state index < -0.39 is 6.04 Å². The van der Waals surface area contributed by atoms with Crippen LogP contribution in [0.1, 0.15) is 25.1 Å². The maximum Gasteiger partial charge on any atom is 0.310 e. The minimum Gasteiger partial charge on any atom is -0.469 e. The first-order chi connectivity index (χ1) is 11.9. The molecule has 0 aliphatic rings. The molecule has 1 heterocycles. The van der Waals surface area contributed by atoms with Gasteiger partial charge in [-0.05, 0) is 12.3 Å². The first kappa shape index (κ1) is 22.1. The van der Waals surface area contributed by atoms with Crippen molar-refractivity contribution in [3.05, 3.63) is 35.2 Å². The van der Waals surface area contributed by atoms with Crippen LogP contribution in [0.5, 0.6) is 0 Å². The predicted molar refractivity (Wildman–Crippen MR) is 107 cm³/mol. The van der Waals surface area contributed by atoms with E-state index in [0.717, 1.165) is 10.4 Å². The number of carbonyl (C=O) groups is 2. The van der Waals surface area contributed by atoms with Crippen molar-refractivity contribution in [3.8, 4) is 11.3 Å². The van der Waals surface area contributed by atoms with Crippen LogP contribution in [0, 0.1) is 5.92 Å². The van der Waals surface area contributed by atoms with Gasteiger partial charge in [0.1, 0.15) is 0 Å². The van der Waals surface area contributed by atoms with Crippen molar-refractivity contribution in [2.24, 2.45) is 11.7 Å². The monoisotopic (exact) mass is 397 g/mol. The first-order valence-corrected chi connectivity index (χ1v) is 8.90. The Hall–Kier alpha value is -1.96. The Kier molecular flexibility index (Phi) is 8.71. The topological polar surface area (TPSA) is 94.3 Å². The summed E-state index contributed by atoms with van der Waals surface area (Å²) in [5.41, 5.74) is 7.46. The molecule has 1 aromatic carbocycles. The van der Waals surface area contributed by atoms with Crippen LogP contribution in [-0.4, -0.2) is 30.0 Å². The molecule has 6 nitrogen and oxygen atoms in total. The van der Waals surface area contributed by atoms with E-state index in [4.69, 9.17) is 10.5 Å². The quantitative estimate of drug-likeness (QED) is 0.699. The van der Waals surface area contributed by atoms with E-state index in [1.165, 1.54) is 18.4 Å². The Balaban J connectivity index is 0.00000338. The van der Waals surface area contributed by atoms with Gasteiger partial charge in [-0.2, -0.15) is 0 Å². The number of carbonyl (C=O) groups excluding carboxylic acids is 2. The highest BCUT2D eigenvalue weighted by Crippen LogP contribution is 2.31. The summed E-state index contributed by atoms with van der Waals surface area (Å²) in [7, 11) is 1.35. The summed E-state index contributed by atoms with van der Waals surface area (Å²) in [5.74, 6) is -0.297. The van der Waals surface area contributed by atoms with Gasteiger partial charge >= 0.3 is 5.97 Å². The van der Waals surface area contributed by atoms with Crippen molar-refractivity contribution >= 4 is 40.8 Å². The summed E-state index contributed by atoms with van der Waals surface area (Å²) in [4.78, 5) is 29.1. The van der Waals surface area contributed by atoms with Gasteiger partial charge in [0.15, 0.2) is 5.13 Å². The molecule has 8 heteroatoms. The van der Waals surface area contributed by atoms with Crippen LogP contribution in [0.25, 0.3) is 11.3 Å². The number of nitrogens with one attached hydrogen (secondary N) is 1. The zero-order chi connectivity index (χ0) is 18.4. The Morgan fingerprint density at radius 3 is 2.50 bits per heavy atom. The second kappa shape index (κ2) is 10.3. The Morgan fingerprint density at radius 1 is 1.27 bits per heavy atom. The number of anilines is 1. The van der Waals surface area contributed by atoms with Crippen molar-refractivity contribution in [2.45, 2.75) is 32.7 Å². The van der Waals surface area contributed by atoms with Crippen molar-refractivity contribution < 1.29 is 14.3 Å². The summed E-state index contributed by atoms with van der Waals surface area (Å²) >= 11 is 1.26. The number of aromatic nitrogens is 1. The molecule has 1 amide bonds. The van der Waals surface area contributed by atoms with Gasteiger partial charge in [0.2, 0.25) is 5.91 Å². The average molecular weight is 398 g/mol. The maximum atomic E-state index is 12.2. The number of benzene rings is 1. The highest BCUT2D eigenvalue weighted by molar-refractivity contribution is 7.16. The molecule has 0 aliphatic carbocycles. The number of nitrogens with zero attached hydrogens (tertiary/aromatic N) is 1. The minimum atomic E-state index is -0.590. The third kappa shape index (κ3) is 6.09. The number of thiazole rings is 1. The van der Waals surface area contributed by atoms with Gasteiger partial charge < -0.3 is 15.8 Å². The number of halogens is 1. The fourth-order valence-corrected chi connectivity index (χ4v) is 3.33. The second-order valence-corrected chi connectivity index (χ2v) is 7.22. The molecule has 0 saturated carbocycles. The molecule has 0 fully saturated rings. The van der Waals surface area contributed by atoms with Crippen molar-refractivity contribution in [2.75, 3.05) is 12.4 Å². The summed E-state index contributed by atoms with van der Waals surface area (Å²) in [6.45, 7) is 4.02. The Bertz CT molecular complexity index is 735. The molecule has 0 unspecified atom stereocenters. The molecule has 0 bridgehead atoms. The number of methoxy groups -OCH3 is 1. The summed E-state index contributed by atoms with van der Waals surface area (Å²) < 4.78 is 4.75. The maximum absolute atomic E-state index is 12.2. The first-order valence-electron chi connectivity index (χ1n) is 8.09. The highest BCUT2D eigenvalue weighted by Gasteiger charge is 2.20. The van der Waals surface area contributed by atoms with Crippen LogP contribution in [0.2, 0.25) is 0 Å². The van der Waals surface area contributed by atoms with Gasteiger partial charge in [-0.15, -0.1) is 23.7 Å². The molecule has 26 heavy (non-hydrogen) atoms. The SMILES string of the molecule is COC(=O)Cc1sc(NC(=O)[C@@H](N)CC(C)C)nc1-c1ccccc1.Cl. The number of amides is 1. The zero-order valence-corrected chi connectivity index (χ0v) is 16.7. The van der Waals surface area contributed by atoms with Crippen LogP contribution in [-0.2, 0) is 20.7 Å². The van der Waals surface area contributed by atoms with E-state index in [1.54, 1.807) is 0 Å². The third-order valence-electron chi connectivity index (χ3n) is 3.57. The van der Waals surface area contributed by atoms with E-state index in [-0.39, 0.29) is 30.7 Å². The Morgan fingerprint density at radius 2 is 1.92 bits per heavy atom. The fourth-order valence-electron chi connectivity index (χ4n) is 2.36. The number of hydrogen-bond acceptors (Lipinski definition) is 6. The van der Waals surface area contributed by atoms with E-state index in [1.807, 2.05) is 44.2 Å². The van der Waals surface area contributed by atoms with E-state index in [0.29, 0.717) is 23.2 Å². The number of nitrogens with two attached hydrogens (primary N) is 1. The molecule has 1 aromatic heterocycles. The number of rotatable bonds is 7. The van der Waals surface area contributed by atoms with Crippen LogP contribution in [0.3, 0.4) is 0 Å². The molecule has 142 valence electrons. The summed E-state index contributed by atoms with van der Waals surface area (Å²) in [6.07, 6.45) is 0.698. The predicted octanol–water partition coefficient (Wildman–Crippen LogP) is 3.26. The smallest absolute Gasteiger partial charge is 0.310 e. The lowest BCUT2D eigenvalue weighted by Gasteiger charge is -2.12. The van der Waals surface area contributed by atoms with Crippen molar-refractivity contribution in [1.82, 2.24) is 4.98 Å². The zero-order valence-electron chi connectivity index (χ0n) is 15.0. The fraction of sp³-hybridized carbons (Fsp3) is 0.389. The molecule has 3 N–H and O–H groups in total. The second-order valence-electron chi connectivity index (χ2n) is 6.14. The largest absolute Gasteiger partial charge is 0.469 e. The van der Waals surface area contributed by atoms with E-state index >= 15 is 0 Å². The molecule has 1 atom stereocenters. The lowest BCUT2D eigenvalue weighted by Crippen LogP contribution is -2.36. The molecule has 0 aliphatic heterocycles. The van der Waals surface area contributed by atoms with Gasteiger partial charge in [0, 0.05) is 10.4 Å². The standard InChI is InChI=1S/C18H23N3O3S.ClH/c1-11(2)9-13(19)17(23)21-18-20-16(12-7-5-4-6-8-12)14(25-18)10-15(22)24-3;/h4-8,11,13H,9-10,19H2,1-3H3,(H,20,21,23);1H/t13-;/m0./s1. The normalized spacial score (nSPS) is 11.6. The molecule has 0 radical (unpaired) electrons. The summed E-state index contributed by atoms with van der Waals surface area (Å²) in [5, 5.41) is 3.19. The third-order valence-corrected chi connectivity index (χ3v) is 4.54. The lowest BCUT2D eigenvalue weighted by atomic mass is 10.0. The Labute approximate surface area is 163 Å². The molecule has 0 spiro atoms.